The molecule has 0 bridgehead atoms. The number of hydrogen-bond donors (Lipinski definition) is 1. The van der Waals surface area contributed by atoms with Crippen molar-refractivity contribution in [3.8, 4) is 0 Å². The van der Waals surface area contributed by atoms with Gasteiger partial charge >= 0.3 is 25.7 Å². The molecular formula is C3H8NO2Ti-. The Bertz CT molecular complexity index is 48.9. The molecule has 42 valence electrons. The first kappa shape index (κ1) is 10.3. The van der Waals surface area contributed by atoms with Gasteiger partial charge in [0.25, 0.3) is 0 Å². The number of hydrogen-bond acceptors (Lipinski definition) is 3. The van der Waals surface area contributed by atoms with Crippen LogP contribution in [0.2, 0.25) is 0 Å². The first-order chi connectivity index (χ1) is 3.33. The van der Waals surface area contributed by atoms with Gasteiger partial charge in [0.2, 0.25) is 0 Å². The van der Waals surface area contributed by atoms with Crippen LogP contribution < -0.4 is 5.73 Å². The summed E-state index contributed by atoms with van der Waals surface area (Å²) in [4.78, 5) is 0. The predicted molar refractivity (Wildman–Crippen MR) is 20.4 cm³/mol. The molecule has 0 aliphatic rings. The molecule has 4 heteroatoms. The summed E-state index contributed by atoms with van der Waals surface area (Å²) in [5.41, 5.74) is 4.97. The Morgan fingerprint density at radius 1 is 1.57 bits per heavy atom. The third kappa shape index (κ3) is 70.6. The van der Waals surface area contributed by atoms with Crippen LogP contribution in [0.1, 0.15) is 6.42 Å². The van der Waals surface area contributed by atoms with Crippen molar-refractivity contribution >= 4 is 0 Å². The van der Waals surface area contributed by atoms with Crippen LogP contribution in [0.3, 0.4) is 0 Å². The number of nitrogens with two attached hydrogens (primary N) is 1. The molecule has 0 spiro atoms. The standard InChI is InChI=1S/C3H8N.2O.Ti/c1-2-3-4;;;/h1-4H2;;;/q-1;;;. The van der Waals surface area contributed by atoms with E-state index in [1.54, 1.807) is 0 Å². The van der Waals surface area contributed by atoms with Crippen LogP contribution in [0.15, 0.2) is 0 Å². The van der Waals surface area contributed by atoms with Crippen LogP contribution in [0, 0.1) is 6.92 Å². The van der Waals surface area contributed by atoms with Gasteiger partial charge in [-0.25, -0.2) is 0 Å². The van der Waals surface area contributed by atoms with Crippen molar-refractivity contribution in [3.63, 3.8) is 0 Å². The molecule has 0 aromatic carbocycles. The Hall–Kier alpha value is 0.274. The van der Waals surface area contributed by atoms with Gasteiger partial charge in [-0.05, 0) is 6.54 Å². The zero-order chi connectivity index (χ0) is 6.12. The molecule has 0 saturated carbocycles. The van der Waals surface area contributed by atoms with Gasteiger partial charge in [0.1, 0.15) is 0 Å². The maximum atomic E-state index is 8.50. The summed E-state index contributed by atoms with van der Waals surface area (Å²) < 4.78 is 17.0. The third-order valence-corrected chi connectivity index (χ3v) is 0.204. The van der Waals surface area contributed by atoms with Gasteiger partial charge in [-0.3, -0.25) is 0 Å². The molecule has 0 amide bonds. The fraction of sp³-hybridized carbons (Fsp3) is 0.667. The van der Waals surface area contributed by atoms with E-state index in [9.17, 15) is 0 Å². The van der Waals surface area contributed by atoms with E-state index in [-0.39, 0.29) is 0 Å². The molecule has 0 fully saturated rings. The Balaban J connectivity index is 0. The Kier molecular flexibility index (Phi) is 23.9. The summed E-state index contributed by atoms with van der Waals surface area (Å²) in [5.74, 6) is 0. The molecule has 0 aromatic heterocycles. The average Bonchev–Trinajstić information content (AvgIpc) is 1.69. The molecule has 0 heterocycles. The van der Waals surface area contributed by atoms with Crippen LogP contribution in [0.5, 0.6) is 0 Å². The second-order valence-corrected chi connectivity index (χ2v) is 0.986. The summed E-state index contributed by atoms with van der Waals surface area (Å²) >= 11 is -2.00. The van der Waals surface area contributed by atoms with E-state index in [4.69, 9.17) is 12.4 Å². The zero-order valence-electron chi connectivity index (χ0n) is 4.02. The van der Waals surface area contributed by atoms with Gasteiger partial charge in [-0.15, -0.1) is 0 Å². The Morgan fingerprint density at radius 3 is 1.71 bits per heavy atom. The van der Waals surface area contributed by atoms with Crippen LogP contribution in [-0.2, 0) is 25.7 Å². The Morgan fingerprint density at radius 2 is 1.71 bits per heavy atom. The summed E-state index contributed by atoms with van der Waals surface area (Å²) in [6.07, 6.45) is 0.847. The van der Waals surface area contributed by atoms with Gasteiger partial charge in [-0.2, -0.15) is 6.42 Å². The molecule has 2 N–H and O–H groups in total. The fourth-order valence-electron chi connectivity index (χ4n) is 0. The molecule has 0 radical (unpaired) electrons. The van der Waals surface area contributed by atoms with Crippen LogP contribution >= 0.6 is 0 Å². The van der Waals surface area contributed by atoms with Gasteiger partial charge in [0.15, 0.2) is 0 Å². The quantitative estimate of drug-likeness (QED) is 0.407. The predicted octanol–water partition coefficient (Wildman–Crippen LogP) is -0.0708. The minimum absolute atomic E-state index is 0.708. The van der Waals surface area contributed by atoms with E-state index in [0.29, 0.717) is 6.54 Å². The normalized spacial score (nSPS) is 5.43. The molecule has 3 nitrogen and oxygen atoms in total. The van der Waals surface area contributed by atoms with Crippen molar-refractivity contribution < 1.29 is 25.7 Å². The van der Waals surface area contributed by atoms with Crippen LogP contribution in [0.4, 0.5) is 0 Å². The van der Waals surface area contributed by atoms with E-state index in [2.05, 4.69) is 6.92 Å². The van der Waals surface area contributed by atoms with Crippen LogP contribution in [0.25, 0.3) is 0 Å². The fourth-order valence-corrected chi connectivity index (χ4v) is 0. The van der Waals surface area contributed by atoms with Crippen molar-refractivity contribution in [3.05, 3.63) is 6.92 Å². The first-order valence-electron chi connectivity index (χ1n) is 1.82. The summed E-state index contributed by atoms with van der Waals surface area (Å²) in [5, 5.41) is 0. The van der Waals surface area contributed by atoms with Crippen molar-refractivity contribution in [2.24, 2.45) is 5.73 Å². The van der Waals surface area contributed by atoms with Crippen molar-refractivity contribution in [1.82, 2.24) is 0 Å². The van der Waals surface area contributed by atoms with E-state index in [1.165, 1.54) is 0 Å². The van der Waals surface area contributed by atoms with Crippen LogP contribution in [-0.4, -0.2) is 6.54 Å². The van der Waals surface area contributed by atoms with E-state index < -0.39 is 19.1 Å². The molecule has 0 rings (SSSR count). The third-order valence-electron chi connectivity index (χ3n) is 0.204. The molecule has 0 unspecified atom stereocenters. The Labute approximate surface area is 51.8 Å². The molecular weight excluding hydrogens is 130 g/mol. The monoisotopic (exact) mass is 138 g/mol. The zero-order valence-corrected chi connectivity index (χ0v) is 5.58. The summed E-state index contributed by atoms with van der Waals surface area (Å²) in [7, 11) is 0. The van der Waals surface area contributed by atoms with Gasteiger partial charge < -0.3 is 12.7 Å². The molecule has 7 heavy (non-hydrogen) atoms. The van der Waals surface area contributed by atoms with Gasteiger partial charge in [0.05, 0.1) is 0 Å². The summed E-state index contributed by atoms with van der Waals surface area (Å²) in [6.45, 7) is 4.19. The van der Waals surface area contributed by atoms with Crippen molar-refractivity contribution in [2.75, 3.05) is 6.54 Å². The molecule has 0 atom stereocenters. The second-order valence-electron chi connectivity index (χ2n) is 0.726. The van der Waals surface area contributed by atoms with E-state index in [1.807, 2.05) is 0 Å². The van der Waals surface area contributed by atoms with Gasteiger partial charge in [0, 0.05) is 0 Å². The molecule has 0 aliphatic carbocycles. The molecule has 0 aromatic rings. The topological polar surface area (TPSA) is 60.2 Å². The SMILES string of the molecule is [CH2-]CCN.[O]=[Ti]=[O]. The first-order valence-corrected chi connectivity index (χ1v) is 3.09. The van der Waals surface area contributed by atoms with E-state index in [0.717, 1.165) is 6.42 Å². The molecule has 0 saturated heterocycles. The average molecular weight is 138 g/mol. The molecule has 0 aliphatic heterocycles. The van der Waals surface area contributed by atoms with Gasteiger partial charge in [-0.1, -0.05) is 0 Å². The van der Waals surface area contributed by atoms with E-state index >= 15 is 0 Å². The van der Waals surface area contributed by atoms with Crippen molar-refractivity contribution in [1.29, 1.82) is 0 Å². The van der Waals surface area contributed by atoms with Crippen molar-refractivity contribution in [2.45, 2.75) is 6.42 Å². The summed E-state index contributed by atoms with van der Waals surface area (Å²) in [6, 6.07) is 0. The number of rotatable bonds is 1. The minimum atomic E-state index is -2.00. The maximum absolute atomic E-state index is 8.50. The second kappa shape index (κ2) is 16.3.